The third kappa shape index (κ3) is 7.82. The molecule has 0 saturated heterocycles. The number of aliphatic imine (C=N–C) groups is 1. The topological polar surface area (TPSA) is 49.3 Å². The largest absolute Gasteiger partial charge is 0.357 e. The lowest BCUT2D eigenvalue weighted by atomic mass is 9.85. The Kier molecular flexibility index (Phi) is 9.69. The van der Waals surface area contributed by atoms with Gasteiger partial charge in [0.15, 0.2) is 5.96 Å². The SMILES string of the molecule is CCNC(=NCC(C)(C)c1cccc(F)c1)NCCc1ccc(C)nc1.I. The molecule has 148 valence electrons. The second-order valence-corrected chi connectivity index (χ2v) is 7.07. The summed E-state index contributed by atoms with van der Waals surface area (Å²) < 4.78 is 13.5. The first kappa shape index (κ1) is 23.3. The molecular weight excluding hydrogens is 454 g/mol. The van der Waals surface area contributed by atoms with Gasteiger partial charge in [0.2, 0.25) is 0 Å². The number of halogens is 2. The van der Waals surface area contributed by atoms with Crippen LogP contribution < -0.4 is 10.6 Å². The highest BCUT2D eigenvalue weighted by Crippen LogP contribution is 2.24. The van der Waals surface area contributed by atoms with Crippen molar-refractivity contribution in [3.63, 3.8) is 0 Å². The molecule has 6 heteroatoms. The zero-order valence-electron chi connectivity index (χ0n) is 16.6. The van der Waals surface area contributed by atoms with Crippen LogP contribution in [0.3, 0.4) is 0 Å². The molecule has 0 aliphatic carbocycles. The van der Waals surface area contributed by atoms with E-state index in [0.29, 0.717) is 6.54 Å². The van der Waals surface area contributed by atoms with E-state index < -0.39 is 0 Å². The Bertz CT molecular complexity index is 729. The van der Waals surface area contributed by atoms with Gasteiger partial charge >= 0.3 is 0 Å². The van der Waals surface area contributed by atoms with Crippen molar-refractivity contribution in [2.75, 3.05) is 19.6 Å². The predicted molar refractivity (Wildman–Crippen MR) is 122 cm³/mol. The summed E-state index contributed by atoms with van der Waals surface area (Å²) >= 11 is 0. The molecule has 2 aromatic rings. The number of hydrogen-bond donors (Lipinski definition) is 2. The number of rotatable bonds is 7. The van der Waals surface area contributed by atoms with Crippen molar-refractivity contribution in [3.05, 3.63) is 65.2 Å². The van der Waals surface area contributed by atoms with Gasteiger partial charge in [-0.1, -0.05) is 32.0 Å². The summed E-state index contributed by atoms with van der Waals surface area (Å²) in [5.41, 5.74) is 2.92. The zero-order valence-corrected chi connectivity index (χ0v) is 18.9. The molecule has 0 unspecified atom stereocenters. The van der Waals surface area contributed by atoms with Gasteiger partial charge in [-0.15, -0.1) is 24.0 Å². The molecule has 1 heterocycles. The van der Waals surface area contributed by atoms with Gasteiger partial charge in [-0.05, 0) is 49.6 Å². The van der Waals surface area contributed by atoms with Gasteiger partial charge in [-0.3, -0.25) is 9.98 Å². The number of hydrogen-bond acceptors (Lipinski definition) is 2. The maximum Gasteiger partial charge on any atom is 0.191 e. The van der Waals surface area contributed by atoms with Gasteiger partial charge in [0.05, 0.1) is 6.54 Å². The molecule has 2 rings (SSSR count). The number of pyridine rings is 1. The molecule has 1 aromatic heterocycles. The van der Waals surface area contributed by atoms with Crippen LogP contribution in [0.4, 0.5) is 4.39 Å². The highest BCUT2D eigenvalue weighted by atomic mass is 127. The van der Waals surface area contributed by atoms with E-state index in [1.54, 1.807) is 12.1 Å². The van der Waals surface area contributed by atoms with Crippen molar-refractivity contribution in [2.45, 2.75) is 39.5 Å². The van der Waals surface area contributed by atoms with Crippen LogP contribution in [-0.2, 0) is 11.8 Å². The Hall–Kier alpha value is -1.70. The summed E-state index contributed by atoms with van der Waals surface area (Å²) in [5, 5.41) is 6.62. The molecule has 0 amide bonds. The fourth-order valence-electron chi connectivity index (χ4n) is 2.59. The average Bonchev–Trinajstić information content (AvgIpc) is 2.61. The molecule has 27 heavy (non-hydrogen) atoms. The third-order valence-corrected chi connectivity index (χ3v) is 4.26. The van der Waals surface area contributed by atoms with Crippen LogP contribution in [-0.4, -0.2) is 30.6 Å². The van der Waals surface area contributed by atoms with E-state index in [4.69, 9.17) is 4.99 Å². The molecule has 0 radical (unpaired) electrons. The maximum absolute atomic E-state index is 13.5. The molecule has 0 fully saturated rings. The molecule has 0 spiro atoms. The highest BCUT2D eigenvalue weighted by molar-refractivity contribution is 14.0. The second-order valence-electron chi connectivity index (χ2n) is 7.07. The van der Waals surface area contributed by atoms with Crippen molar-refractivity contribution < 1.29 is 4.39 Å². The summed E-state index contributed by atoms with van der Waals surface area (Å²) in [4.78, 5) is 9.01. The van der Waals surface area contributed by atoms with Gasteiger partial charge in [0.1, 0.15) is 5.82 Å². The lowest BCUT2D eigenvalue weighted by molar-refractivity contribution is 0.529. The number of nitrogens with zero attached hydrogens (tertiary/aromatic N) is 2. The van der Waals surface area contributed by atoms with Crippen LogP contribution in [0.2, 0.25) is 0 Å². The van der Waals surface area contributed by atoms with E-state index in [1.165, 1.54) is 11.6 Å². The summed E-state index contributed by atoms with van der Waals surface area (Å²) in [6.45, 7) is 10.3. The lowest BCUT2D eigenvalue weighted by Gasteiger charge is -2.24. The van der Waals surface area contributed by atoms with E-state index in [9.17, 15) is 4.39 Å². The van der Waals surface area contributed by atoms with Crippen LogP contribution in [0, 0.1) is 12.7 Å². The smallest absolute Gasteiger partial charge is 0.191 e. The average molecular weight is 484 g/mol. The van der Waals surface area contributed by atoms with Crippen molar-refractivity contribution in [1.29, 1.82) is 0 Å². The van der Waals surface area contributed by atoms with Crippen LogP contribution in [0.5, 0.6) is 0 Å². The van der Waals surface area contributed by atoms with E-state index in [-0.39, 0.29) is 35.2 Å². The Morgan fingerprint density at radius 1 is 1.19 bits per heavy atom. The van der Waals surface area contributed by atoms with Crippen molar-refractivity contribution in [1.82, 2.24) is 15.6 Å². The molecular formula is C21H30FIN4. The number of aromatic nitrogens is 1. The summed E-state index contributed by atoms with van der Waals surface area (Å²) in [6.07, 6.45) is 2.79. The third-order valence-electron chi connectivity index (χ3n) is 4.26. The number of guanidine groups is 1. The summed E-state index contributed by atoms with van der Waals surface area (Å²) in [7, 11) is 0. The molecule has 4 nitrogen and oxygen atoms in total. The molecule has 2 N–H and O–H groups in total. The normalized spacial score (nSPS) is 11.7. The van der Waals surface area contributed by atoms with E-state index in [1.807, 2.05) is 32.2 Å². The molecule has 0 aliphatic rings. The number of nitrogens with one attached hydrogen (secondary N) is 2. The zero-order chi connectivity index (χ0) is 19.0. The van der Waals surface area contributed by atoms with Gasteiger partial charge in [0, 0.05) is 30.4 Å². The van der Waals surface area contributed by atoms with Crippen LogP contribution in [0.15, 0.2) is 47.6 Å². The van der Waals surface area contributed by atoms with Crippen LogP contribution in [0.25, 0.3) is 0 Å². The van der Waals surface area contributed by atoms with Gasteiger partial charge in [0.25, 0.3) is 0 Å². The maximum atomic E-state index is 13.5. The van der Waals surface area contributed by atoms with E-state index in [2.05, 4.69) is 35.5 Å². The Morgan fingerprint density at radius 2 is 1.96 bits per heavy atom. The van der Waals surface area contributed by atoms with Crippen molar-refractivity contribution in [2.24, 2.45) is 4.99 Å². The summed E-state index contributed by atoms with van der Waals surface area (Å²) in [5.74, 6) is 0.563. The first-order chi connectivity index (χ1) is 12.4. The van der Waals surface area contributed by atoms with Crippen LogP contribution >= 0.6 is 24.0 Å². The van der Waals surface area contributed by atoms with E-state index >= 15 is 0 Å². The minimum Gasteiger partial charge on any atom is -0.357 e. The summed E-state index contributed by atoms with van der Waals surface area (Å²) in [6, 6.07) is 10.9. The lowest BCUT2D eigenvalue weighted by Crippen LogP contribution is -2.39. The molecule has 1 aromatic carbocycles. The minimum atomic E-state index is -0.245. The fourth-order valence-corrected chi connectivity index (χ4v) is 2.59. The standard InChI is InChI=1S/C21H29FN4.HI/c1-5-23-20(24-12-11-17-10-9-16(2)25-14-17)26-15-21(3,4)18-7-6-8-19(22)13-18;/h6-10,13-14H,5,11-12,15H2,1-4H3,(H2,23,24,26);1H. The first-order valence-corrected chi connectivity index (χ1v) is 9.10. The van der Waals surface area contributed by atoms with Gasteiger partial charge < -0.3 is 10.6 Å². The van der Waals surface area contributed by atoms with Crippen molar-refractivity contribution in [3.8, 4) is 0 Å². The molecule has 0 aliphatic heterocycles. The molecule has 0 saturated carbocycles. The first-order valence-electron chi connectivity index (χ1n) is 9.10. The van der Waals surface area contributed by atoms with Gasteiger partial charge in [-0.2, -0.15) is 0 Å². The van der Waals surface area contributed by atoms with Gasteiger partial charge in [-0.25, -0.2) is 4.39 Å². The highest BCUT2D eigenvalue weighted by Gasteiger charge is 2.21. The quantitative estimate of drug-likeness (QED) is 0.352. The molecule has 0 bridgehead atoms. The molecule has 0 atom stereocenters. The predicted octanol–water partition coefficient (Wildman–Crippen LogP) is 4.22. The monoisotopic (exact) mass is 484 g/mol. The Morgan fingerprint density at radius 3 is 2.59 bits per heavy atom. The number of benzene rings is 1. The fraction of sp³-hybridized carbons (Fsp3) is 0.429. The number of aryl methyl sites for hydroxylation is 1. The van der Waals surface area contributed by atoms with Crippen LogP contribution in [0.1, 0.15) is 37.6 Å². The van der Waals surface area contributed by atoms with E-state index in [0.717, 1.165) is 36.7 Å². The minimum absolute atomic E-state index is 0. The Balaban J connectivity index is 0.00000364. The van der Waals surface area contributed by atoms with Crippen molar-refractivity contribution >= 4 is 29.9 Å². The Labute approximate surface area is 179 Å². The second kappa shape index (κ2) is 11.2.